The van der Waals surface area contributed by atoms with Crippen molar-refractivity contribution in [2.24, 2.45) is 0 Å². The third-order valence-corrected chi connectivity index (χ3v) is 3.44. The standard InChI is InChI=1S/C15H18O3Si/c1-11-13(10-16)8-12(6-7-19(3,4)5)9-14(11)15(17)18-2/h8-10H,1-5H3. The van der Waals surface area contributed by atoms with Crippen molar-refractivity contribution in [2.45, 2.75) is 26.6 Å². The van der Waals surface area contributed by atoms with Crippen LogP contribution < -0.4 is 0 Å². The Morgan fingerprint density at radius 2 is 1.95 bits per heavy atom. The lowest BCUT2D eigenvalue weighted by molar-refractivity contribution is 0.0600. The number of benzene rings is 1. The molecule has 0 N–H and O–H groups in total. The lowest BCUT2D eigenvalue weighted by atomic mass is 9.99. The van der Waals surface area contributed by atoms with Gasteiger partial charge in [0.1, 0.15) is 14.4 Å². The summed E-state index contributed by atoms with van der Waals surface area (Å²) in [5, 5.41) is 0. The van der Waals surface area contributed by atoms with Gasteiger partial charge in [-0.05, 0) is 24.6 Å². The number of rotatable bonds is 2. The number of ether oxygens (including phenoxy) is 1. The minimum atomic E-state index is -1.50. The summed E-state index contributed by atoms with van der Waals surface area (Å²) in [7, 11) is -0.177. The molecule has 0 radical (unpaired) electrons. The number of carbonyl (C=O) groups excluding carboxylic acids is 2. The van der Waals surface area contributed by atoms with Crippen LogP contribution in [0.25, 0.3) is 0 Å². The van der Waals surface area contributed by atoms with Crippen LogP contribution in [0.2, 0.25) is 19.6 Å². The van der Waals surface area contributed by atoms with Gasteiger partial charge in [0.25, 0.3) is 0 Å². The van der Waals surface area contributed by atoms with Crippen LogP contribution >= 0.6 is 0 Å². The molecule has 0 fully saturated rings. The van der Waals surface area contributed by atoms with Crippen LogP contribution in [0, 0.1) is 18.4 Å². The van der Waals surface area contributed by atoms with E-state index in [4.69, 9.17) is 4.74 Å². The Kier molecular flexibility index (Phi) is 4.68. The van der Waals surface area contributed by atoms with E-state index < -0.39 is 14.0 Å². The Bertz CT molecular complexity index is 572. The van der Waals surface area contributed by atoms with Crippen LogP contribution in [0.4, 0.5) is 0 Å². The Morgan fingerprint density at radius 3 is 2.42 bits per heavy atom. The molecule has 0 heterocycles. The lowest BCUT2D eigenvalue weighted by Crippen LogP contribution is -2.16. The normalized spacial score (nSPS) is 10.4. The quantitative estimate of drug-likeness (QED) is 0.360. The highest BCUT2D eigenvalue weighted by Gasteiger charge is 2.14. The average molecular weight is 274 g/mol. The highest BCUT2D eigenvalue weighted by Crippen LogP contribution is 2.16. The van der Waals surface area contributed by atoms with Crippen molar-refractivity contribution in [1.82, 2.24) is 0 Å². The zero-order valence-corrected chi connectivity index (χ0v) is 13.0. The second-order valence-corrected chi connectivity index (χ2v) is 10.1. The molecule has 0 aliphatic heterocycles. The fourth-order valence-electron chi connectivity index (χ4n) is 1.51. The highest BCUT2D eigenvalue weighted by molar-refractivity contribution is 6.83. The number of esters is 1. The van der Waals surface area contributed by atoms with Gasteiger partial charge in [0.2, 0.25) is 0 Å². The van der Waals surface area contributed by atoms with Crippen LogP contribution in [0.3, 0.4) is 0 Å². The average Bonchev–Trinajstić information content (AvgIpc) is 2.35. The summed E-state index contributed by atoms with van der Waals surface area (Å²) in [5.74, 6) is 2.60. The molecule has 4 heteroatoms. The molecule has 0 amide bonds. The van der Waals surface area contributed by atoms with Gasteiger partial charge in [0.05, 0.1) is 12.7 Å². The Morgan fingerprint density at radius 1 is 1.32 bits per heavy atom. The molecule has 0 aliphatic rings. The van der Waals surface area contributed by atoms with E-state index in [9.17, 15) is 9.59 Å². The maximum Gasteiger partial charge on any atom is 0.338 e. The van der Waals surface area contributed by atoms with Gasteiger partial charge in [-0.2, -0.15) is 0 Å². The molecule has 0 atom stereocenters. The van der Waals surface area contributed by atoms with E-state index in [0.717, 1.165) is 6.29 Å². The van der Waals surface area contributed by atoms with Crippen molar-refractivity contribution in [3.8, 4) is 11.5 Å². The molecule has 0 spiro atoms. The summed E-state index contributed by atoms with van der Waals surface area (Å²) in [4.78, 5) is 22.7. The summed E-state index contributed by atoms with van der Waals surface area (Å²) in [5.41, 5.74) is 5.39. The van der Waals surface area contributed by atoms with Gasteiger partial charge in [0, 0.05) is 11.1 Å². The van der Waals surface area contributed by atoms with Crippen molar-refractivity contribution in [3.63, 3.8) is 0 Å². The van der Waals surface area contributed by atoms with Crippen LogP contribution in [0.1, 0.15) is 31.8 Å². The summed E-state index contributed by atoms with van der Waals surface area (Å²) < 4.78 is 4.72. The van der Waals surface area contributed by atoms with E-state index >= 15 is 0 Å². The number of carbonyl (C=O) groups is 2. The molecule has 1 rings (SSSR count). The third kappa shape index (κ3) is 4.07. The monoisotopic (exact) mass is 274 g/mol. The summed E-state index contributed by atoms with van der Waals surface area (Å²) in [6.07, 6.45) is 0.738. The minimum Gasteiger partial charge on any atom is -0.465 e. The molecule has 19 heavy (non-hydrogen) atoms. The van der Waals surface area contributed by atoms with Gasteiger partial charge in [0.15, 0.2) is 0 Å². The van der Waals surface area contributed by atoms with Crippen molar-refractivity contribution in [3.05, 3.63) is 34.4 Å². The Labute approximate surface area is 115 Å². The lowest BCUT2D eigenvalue weighted by Gasteiger charge is -2.08. The second kappa shape index (κ2) is 5.85. The Hall–Kier alpha value is -1.86. The predicted octanol–water partition coefficient (Wildman–Crippen LogP) is 2.82. The van der Waals surface area contributed by atoms with Gasteiger partial charge in [-0.1, -0.05) is 25.6 Å². The first-order chi connectivity index (χ1) is 8.78. The summed E-state index contributed by atoms with van der Waals surface area (Å²) >= 11 is 0. The number of aldehydes is 1. The van der Waals surface area contributed by atoms with Gasteiger partial charge < -0.3 is 4.74 Å². The molecule has 3 nitrogen and oxygen atoms in total. The van der Waals surface area contributed by atoms with Crippen LogP contribution in [0.5, 0.6) is 0 Å². The number of methoxy groups -OCH3 is 1. The summed E-state index contributed by atoms with van der Waals surface area (Å²) in [6, 6.07) is 3.39. The zero-order chi connectivity index (χ0) is 14.6. The first-order valence-electron chi connectivity index (χ1n) is 6.00. The molecule has 0 unspecified atom stereocenters. The fraction of sp³-hybridized carbons (Fsp3) is 0.333. The van der Waals surface area contributed by atoms with Crippen molar-refractivity contribution in [2.75, 3.05) is 7.11 Å². The molecule has 0 saturated heterocycles. The molecule has 1 aromatic carbocycles. The van der Waals surface area contributed by atoms with E-state index in [-0.39, 0.29) is 0 Å². The molecule has 100 valence electrons. The van der Waals surface area contributed by atoms with Crippen LogP contribution in [-0.4, -0.2) is 27.4 Å². The van der Waals surface area contributed by atoms with Gasteiger partial charge in [-0.15, -0.1) is 5.54 Å². The highest BCUT2D eigenvalue weighted by atomic mass is 28.3. The van der Waals surface area contributed by atoms with Crippen LogP contribution in [-0.2, 0) is 4.74 Å². The van der Waals surface area contributed by atoms with E-state index in [1.54, 1.807) is 19.1 Å². The smallest absolute Gasteiger partial charge is 0.338 e. The maximum absolute atomic E-state index is 11.7. The van der Waals surface area contributed by atoms with Crippen LogP contribution in [0.15, 0.2) is 12.1 Å². The van der Waals surface area contributed by atoms with Crippen molar-refractivity contribution >= 4 is 20.3 Å². The molecule has 0 bridgehead atoms. The third-order valence-electron chi connectivity index (χ3n) is 2.56. The second-order valence-electron chi connectivity index (χ2n) is 5.35. The molecule has 1 aromatic rings. The first kappa shape index (κ1) is 15.2. The van der Waals surface area contributed by atoms with Gasteiger partial charge in [-0.25, -0.2) is 4.79 Å². The predicted molar refractivity (Wildman–Crippen MR) is 78.1 cm³/mol. The van der Waals surface area contributed by atoms with Gasteiger partial charge in [-0.3, -0.25) is 4.79 Å². The van der Waals surface area contributed by atoms with E-state index in [1.165, 1.54) is 7.11 Å². The van der Waals surface area contributed by atoms with Crippen molar-refractivity contribution in [1.29, 1.82) is 0 Å². The largest absolute Gasteiger partial charge is 0.465 e. The molecular weight excluding hydrogens is 256 g/mol. The molecule has 0 saturated carbocycles. The van der Waals surface area contributed by atoms with E-state index in [2.05, 4.69) is 31.1 Å². The van der Waals surface area contributed by atoms with Gasteiger partial charge >= 0.3 is 5.97 Å². The minimum absolute atomic E-state index is 0.395. The molecule has 0 aromatic heterocycles. The van der Waals surface area contributed by atoms with E-state index in [1.807, 2.05) is 0 Å². The SMILES string of the molecule is COC(=O)c1cc(C#C[Si](C)(C)C)cc(C=O)c1C. The molecule has 0 aliphatic carbocycles. The zero-order valence-electron chi connectivity index (χ0n) is 12.0. The first-order valence-corrected chi connectivity index (χ1v) is 9.50. The molecular formula is C15H18O3Si. The fourth-order valence-corrected chi connectivity index (χ4v) is 2.03. The topological polar surface area (TPSA) is 43.4 Å². The Balaban J connectivity index is 3.39. The van der Waals surface area contributed by atoms with Crippen molar-refractivity contribution < 1.29 is 14.3 Å². The number of hydrogen-bond acceptors (Lipinski definition) is 3. The number of hydrogen-bond donors (Lipinski definition) is 0. The summed E-state index contributed by atoms with van der Waals surface area (Å²) in [6.45, 7) is 8.13. The maximum atomic E-state index is 11.7. The van der Waals surface area contributed by atoms with E-state index in [0.29, 0.717) is 22.3 Å².